The molecule has 9 nitrogen and oxygen atoms in total. The Morgan fingerprint density at radius 3 is 2.54 bits per heavy atom. The molecule has 1 heterocycles. The Balaban J connectivity index is 1.48. The number of aromatic nitrogens is 3. The molecule has 0 saturated heterocycles. The number of thioether (sulfide) groups is 1. The zero-order valence-corrected chi connectivity index (χ0v) is 20.2. The van der Waals surface area contributed by atoms with Crippen molar-refractivity contribution in [2.24, 2.45) is 5.10 Å². The van der Waals surface area contributed by atoms with E-state index in [4.69, 9.17) is 23.2 Å². The van der Waals surface area contributed by atoms with Crippen molar-refractivity contribution in [3.05, 3.63) is 98.5 Å². The van der Waals surface area contributed by atoms with Crippen LogP contribution in [0.25, 0.3) is 17.1 Å². The molecule has 0 spiro atoms. The van der Waals surface area contributed by atoms with E-state index in [0.29, 0.717) is 21.6 Å². The van der Waals surface area contributed by atoms with Gasteiger partial charge in [-0.05, 0) is 30.3 Å². The fourth-order valence-electron chi connectivity index (χ4n) is 3.05. The van der Waals surface area contributed by atoms with Crippen LogP contribution in [0.3, 0.4) is 0 Å². The van der Waals surface area contributed by atoms with Gasteiger partial charge in [-0.15, -0.1) is 10.2 Å². The molecule has 0 saturated carbocycles. The number of nitro benzene ring substituents is 1. The number of carbonyl (C=O) groups excluding carboxylic acids is 1. The highest BCUT2D eigenvalue weighted by Gasteiger charge is 2.17. The Morgan fingerprint density at radius 2 is 1.83 bits per heavy atom. The average molecular weight is 527 g/mol. The van der Waals surface area contributed by atoms with Crippen molar-refractivity contribution >= 4 is 52.8 Å². The van der Waals surface area contributed by atoms with Crippen LogP contribution in [0.15, 0.2) is 83.1 Å². The minimum atomic E-state index is -0.588. The van der Waals surface area contributed by atoms with E-state index in [1.54, 1.807) is 18.2 Å². The third kappa shape index (κ3) is 6.04. The Bertz CT molecular complexity index is 1390. The van der Waals surface area contributed by atoms with Crippen LogP contribution in [-0.2, 0) is 4.79 Å². The molecule has 1 aromatic heterocycles. The first-order valence-corrected chi connectivity index (χ1v) is 11.8. The van der Waals surface area contributed by atoms with Gasteiger partial charge in [0.15, 0.2) is 11.0 Å². The first kappa shape index (κ1) is 24.4. The number of carbonyl (C=O) groups is 1. The molecular formula is C23H16Cl2N6O3S. The minimum absolute atomic E-state index is 0.0125. The smallest absolute Gasteiger partial charge is 0.272 e. The van der Waals surface area contributed by atoms with Crippen molar-refractivity contribution in [3.8, 4) is 17.1 Å². The number of nitrogens with zero attached hydrogens (tertiary/aromatic N) is 5. The first-order chi connectivity index (χ1) is 16.9. The maximum Gasteiger partial charge on any atom is 0.288 e. The highest BCUT2D eigenvalue weighted by molar-refractivity contribution is 7.99. The molecule has 0 radical (unpaired) electrons. The molecule has 0 aliphatic heterocycles. The molecule has 12 heteroatoms. The summed E-state index contributed by atoms with van der Waals surface area (Å²) in [7, 11) is 0. The summed E-state index contributed by atoms with van der Waals surface area (Å²) in [6.07, 6.45) is 1.30. The van der Waals surface area contributed by atoms with Crippen molar-refractivity contribution < 1.29 is 9.72 Å². The highest BCUT2D eigenvalue weighted by Crippen LogP contribution is 2.28. The number of nitro groups is 1. The van der Waals surface area contributed by atoms with E-state index in [9.17, 15) is 14.9 Å². The van der Waals surface area contributed by atoms with E-state index in [2.05, 4.69) is 20.7 Å². The maximum atomic E-state index is 12.4. The number of rotatable bonds is 8. The normalized spacial score (nSPS) is 11.0. The summed E-state index contributed by atoms with van der Waals surface area (Å²) >= 11 is 13.0. The summed E-state index contributed by atoms with van der Waals surface area (Å²) in [5.74, 6) is 0.248. The van der Waals surface area contributed by atoms with Crippen LogP contribution >= 0.6 is 35.0 Å². The quantitative estimate of drug-likeness (QED) is 0.142. The number of halogens is 2. The standard InChI is InChI=1S/C23H16Cl2N6O3S/c24-17-7-9-18(10-8-17)30-22(16-4-2-1-3-5-16)28-29-23(30)35-14-21(32)27-26-13-15-6-11-19(25)20(12-15)31(33)34/h1-13H,14H2,(H,27,32)/b26-13+. The number of benzene rings is 3. The first-order valence-electron chi connectivity index (χ1n) is 10.1. The monoisotopic (exact) mass is 526 g/mol. The molecule has 35 heavy (non-hydrogen) atoms. The molecule has 1 N–H and O–H groups in total. The number of hydrogen-bond donors (Lipinski definition) is 1. The number of nitrogens with one attached hydrogen (secondary N) is 1. The van der Waals surface area contributed by atoms with Crippen molar-refractivity contribution in [2.75, 3.05) is 5.75 Å². The molecule has 4 aromatic rings. The van der Waals surface area contributed by atoms with E-state index in [-0.39, 0.29) is 22.4 Å². The third-order valence-electron chi connectivity index (χ3n) is 4.65. The summed E-state index contributed by atoms with van der Waals surface area (Å²) in [4.78, 5) is 22.8. The van der Waals surface area contributed by atoms with Crippen LogP contribution < -0.4 is 5.43 Å². The molecule has 4 rings (SSSR count). The zero-order valence-electron chi connectivity index (χ0n) is 17.8. The lowest BCUT2D eigenvalue weighted by molar-refractivity contribution is -0.384. The lowest BCUT2D eigenvalue weighted by Gasteiger charge is -2.10. The molecule has 0 bridgehead atoms. The van der Waals surface area contributed by atoms with Gasteiger partial charge in [-0.3, -0.25) is 19.5 Å². The number of hydrogen-bond acceptors (Lipinski definition) is 7. The maximum absolute atomic E-state index is 12.4. The van der Waals surface area contributed by atoms with Gasteiger partial charge in [0.2, 0.25) is 0 Å². The van der Waals surface area contributed by atoms with Crippen LogP contribution in [-0.4, -0.2) is 37.6 Å². The van der Waals surface area contributed by atoms with Gasteiger partial charge in [-0.1, -0.05) is 71.4 Å². The minimum Gasteiger partial charge on any atom is -0.272 e. The second-order valence-corrected chi connectivity index (χ2v) is 8.82. The summed E-state index contributed by atoms with van der Waals surface area (Å²) in [6.45, 7) is 0. The molecule has 0 fully saturated rings. The van der Waals surface area contributed by atoms with Gasteiger partial charge in [-0.25, -0.2) is 5.43 Å². The molecule has 1 amide bonds. The van der Waals surface area contributed by atoms with E-state index < -0.39 is 4.92 Å². The molecule has 176 valence electrons. The topological polar surface area (TPSA) is 115 Å². The van der Waals surface area contributed by atoms with Gasteiger partial charge < -0.3 is 0 Å². The van der Waals surface area contributed by atoms with Gasteiger partial charge in [0.1, 0.15) is 5.02 Å². The summed E-state index contributed by atoms with van der Waals surface area (Å²) in [5.41, 5.74) is 4.24. The van der Waals surface area contributed by atoms with Gasteiger partial charge in [-0.2, -0.15) is 5.10 Å². The summed E-state index contributed by atoms with van der Waals surface area (Å²) in [5, 5.41) is 24.6. The van der Waals surface area contributed by atoms with E-state index in [1.807, 2.05) is 47.0 Å². The predicted octanol–water partition coefficient (Wildman–Crippen LogP) is 5.39. The van der Waals surface area contributed by atoms with Crippen LogP contribution in [0.1, 0.15) is 5.56 Å². The van der Waals surface area contributed by atoms with Crippen molar-refractivity contribution in [1.82, 2.24) is 20.2 Å². The second kappa shape index (κ2) is 11.1. The van der Waals surface area contributed by atoms with Gasteiger partial charge in [0, 0.05) is 27.9 Å². The highest BCUT2D eigenvalue weighted by atomic mass is 35.5. The molecule has 0 atom stereocenters. The fraction of sp³-hybridized carbons (Fsp3) is 0.0435. The SMILES string of the molecule is O=C(CSc1nnc(-c2ccccc2)n1-c1ccc(Cl)cc1)N/N=C/c1ccc(Cl)c([N+](=O)[O-])c1. The lowest BCUT2D eigenvalue weighted by atomic mass is 10.2. The Hall–Kier alpha value is -3.73. The summed E-state index contributed by atoms with van der Waals surface area (Å²) in [6, 6.07) is 21.0. The van der Waals surface area contributed by atoms with Crippen molar-refractivity contribution in [3.63, 3.8) is 0 Å². The molecule has 0 aliphatic rings. The van der Waals surface area contributed by atoms with Crippen LogP contribution in [0.5, 0.6) is 0 Å². The Kier molecular flexibility index (Phi) is 7.76. The number of amides is 1. The predicted molar refractivity (Wildman–Crippen MR) is 136 cm³/mol. The molecule has 0 unspecified atom stereocenters. The Morgan fingerprint density at radius 1 is 1.09 bits per heavy atom. The lowest BCUT2D eigenvalue weighted by Crippen LogP contribution is -2.20. The fourth-order valence-corrected chi connectivity index (χ4v) is 4.11. The second-order valence-electron chi connectivity index (χ2n) is 7.03. The largest absolute Gasteiger partial charge is 0.288 e. The van der Waals surface area contributed by atoms with Crippen LogP contribution in [0, 0.1) is 10.1 Å². The molecular weight excluding hydrogens is 511 g/mol. The number of hydrazone groups is 1. The Labute approximate surface area is 213 Å². The van der Waals surface area contributed by atoms with Gasteiger partial charge >= 0.3 is 0 Å². The van der Waals surface area contributed by atoms with Crippen LogP contribution in [0.4, 0.5) is 5.69 Å². The van der Waals surface area contributed by atoms with Gasteiger partial charge in [0.25, 0.3) is 11.6 Å². The zero-order chi connectivity index (χ0) is 24.8. The van der Waals surface area contributed by atoms with E-state index in [0.717, 1.165) is 11.3 Å². The van der Waals surface area contributed by atoms with Crippen LogP contribution in [0.2, 0.25) is 10.0 Å². The third-order valence-corrected chi connectivity index (χ3v) is 6.15. The van der Waals surface area contributed by atoms with Crippen molar-refractivity contribution in [1.29, 1.82) is 0 Å². The van der Waals surface area contributed by atoms with E-state index >= 15 is 0 Å². The van der Waals surface area contributed by atoms with Gasteiger partial charge in [0.05, 0.1) is 16.9 Å². The van der Waals surface area contributed by atoms with Crippen molar-refractivity contribution in [2.45, 2.75) is 5.16 Å². The molecule has 0 aliphatic carbocycles. The van der Waals surface area contributed by atoms with E-state index in [1.165, 1.54) is 30.1 Å². The average Bonchev–Trinajstić information content (AvgIpc) is 3.28. The summed E-state index contributed by atoms with van der Waals surface area (Å²) < 4.78 is 1.85. The molecule has 3 aromatic carbocycles.